The van der Waals surface area contributed by atoms with Gasteiger partial charge >= 0.3 is 0 Å². The number of nitrogens with zero attached hydrogens (tertiary/aromatic N) is 2. The van der Waals surface area contributed by atoms with Crippen LogP contribution in [0.15, 0.2) is 30.5 Å². The summed E-state index contributed by atoms with van der Waals surface area (Å²) in [5.74, 6) is -0.988. The fourth-order valence-electron chi connectivity index (χ4n) is 1.76. The Hall–Kier alpha value is -2.83. The molecule has 20 heavy (non-hydrogen) atoms. The van der Waals surface area contributed by atoms with Gasteiger partial charge in [0, 0.05) is 11.9 Å². The lowest BCUT2D eigenvalue weighted by Crippen LogP contribution is -2.20. The second-order valence-corrected chi connectivity index (χ2v) is 4.36. The van der Waals surface area contributed by atoms with Crippen LogP contribution < -0.4 is 16.8 Å². The van der Waals surface area contributed by atoms with E-state index in [1.54, 1.807) is 6.07 Å². The third-order valence-electron chi connectivity index (χ3n) is 2.75. The summed E-state index contributed by atoms with van der Waals surface area (Å²) in [6, 6.07) is 7.42. The van der Waals surface area contributed by atoms with Crippen molar-refractivity contribution in [2.24, 2.45) is 5.73 Å². The molecular weight excluding hydrogens is 258 g/mol. The second-order valence-electron chi connectivity index (χ2n) is 4.36. The van der Waals surface area contributed by atoms with Crippen molar-refractivity contribution in [3.05, 3.63) is 41.7 Å². The van der Waals surface area contributed by atoms with Gasteiger partial charge in [-0.15, -0.1) is 0 Å². The van der Waals surface area contributed by atoms with Crippen LogP contribution in [-0.2, 0) is 11.3 Å². The van der Waals surface area contributed by atoms with Crippen molar-refractivity contribution in [2.45, 2.75) is 13.5 Å². The Kier molecular flexibility index (Phi) is 3.69. The summed E-state index contributed by atoms with van der Waals surface area (Å²) in [7, 11) is 0. The molecule has 0 bridgehead atoms. The summed E-state index contributed by atoms with van der Waals surface area (Å²) in [5, 5.41) is 6.63. The first-order chi connectivity index (χ1) is 9.47. The Labute approximate surface area is 115 Å². The van der Waals surface area contributed by atoms with E-state index >= 15 is 0 Å². The number of carbonyl (C=O) groups excluding carboxylic acids is 2. The number of aromatic nitrogens is 2. The minimum atomic E-state index is -0.722. The van der Waals surface area contributed by atoms with E-state index in [-0.39, 0.29) is 23.8 Å². The molecule has 2 amide bonds. The summed E-state index contributed by atoms with van der Waals surface area (Å²) >= 11 is 0. The number of anilines is 2. The predicted molar refractivity (Wildman–Crippen MR) is 75.0 cm³/mol. The van der Waals surface area contributed by atoms with Gasteiger partial charge in [-0.2, -0.15) is 5.10 Å². The minimum Gasteiger partial charge on any atom is -0.396 e. The number of para-hydroxylation sites is 1. The lowest BCUT2D eigenvalue weighted by molar-refractivity contribution is -0.116. The predicted octanol–water partition coefficient (Wildman–Crippen LogP) is 0.511. The van der Waals surface area contributed by atoms with E-state index in [0.717, 1.165) is 11.3 Å². The van der Waals surface area contributed by atoms with Crippen molar-refractivity contribution in [3.63, 3.8) is 0 Å². The fourth-order valence-corrected chi connectivity index (χ4v) is 1.76. The minimum absolute atomic E-state index is 0.0336. The molecule has 0 fully saturated rings. The Balaban J connectivity index is 2.07. The molecule has 0 aliphatic heterocycles. The Morgan fingerprint density at radius 3 is 2.65 bits per heavy atom. The number of nitrogens with one attached hydrogen (secondary N) is 1. The highest BCUT2D eigenvalue weighted by atomic mass is 16.2. The average Bonchev–Trinajstić information content (AvgIpc) is 2.73. The number of nitrogens with two attached hydrogens (primary N) is 2. The Bertz CT molecular complexity index is 663. The van der Waals surface area contributed by atoms with E-state index in [0.29, 0.717) is 0 Å². The van der Waals surface area contributed by atoms with Gasteiger partial charge in [0.15, 0.2) is 5.69 Å². The van der Waals surface area contributed by atoms with Crippen LogP contribution in [0.4, 0.5) is 11.4 Å². The molecule has 0 spiro atoms. The van der Waals surface area contributed by atoms with Crippen molar-refractivity contribution in [1.82, 2.24) is 9.78 Å². The smallest absolute Gasteiger partial charge is 0.271 e. The molecule has 0 saturated heterocycles. The van der Waals surface area contributed by atoms with Crippen LogP contribution in [-0.4, -0.2) is 21.6 Å². The Morgan fingerprint density at radius 1 is 1.35 bits per heavy atom. The highest BCUT2D eigenvalue weighted by molar-refractivity contribution is 5.96. The molecule has 5 N–H and O–H groups in total. The molecule has 0 aliphatic rings. The standard InChI is InChI=1S/C13H15N5O2/c1-8-4-2-3-5-10(8)16-11(19)7-18-6-9(14)12(17-18)13(15)20/h2-6H,7,14H2,1H3,(H2,15,20)(H,16,19). The van der Waals surface area contributed by atoms with Gasteiger partial charge in [-0.3, -0.25) is 14.3 Å². The number of hydrogen-bond acceptors (Lipinski definition) is 4. The van der Waals surface area contributed by atoms with Gasteiger partial charge in [0.25, 0.3) is 5.91 Å². The largest absolute Gasteiger partial charge is 0.396 e. The summed E-state index contributed by atoms with van der Waals surface area (Å²) < 4.78 is 1.28. The van der Waals surface area contributed by atoms with Gasteiger partial charge in [-0.05, 0) is 18.6 Å². The average molecular weight is 273 g/mol. The molecule has 0 atom stereocenters. The van der Waals surface area contributed by atoms with E-state index < -0.39 is 5.91 Å². The molecule has 7 heteroatoms. The quantitative estimate of drug-likeness (QED) is 0.752. The zero-order valence-electron chi connectivity index (χ0n) is 11.0. The topological polar surface area (TPSA) is 116 Å². The first-order valence-electron chi connectivity index (χ1n) is 5.95. The molecule has 2 aromatic rings. The highest BCUT2D eigenvalue weighted by Gasteiger charge is 2.13. The molecule has 1 aromatic heterocycles. The van der Waals surface area contributed by atoms with Crippen LogP contribution >= 0.6 is 0 Å². The molecule has 1 heterocycles. The summed E-state index contributed by atoms with van der Waals surface area (Å²) in [5.41, 5.74) is 12.5. The maximum absolute atomic E-state index is 11.9. The maximum atomic E-state index is 11.9. The Morgan fingerprint density at radius 2 is 2.05 bits per heavy atom. The van der Waals surface area contributed by atoms with Crippen molar-refractivity contribution in [2.75, 3.05) is 11.1 Å². The number of amides is 2. The van der Waals surface area contributed by atoms with E-state index in [2.05, 4.69) is 10.4 Å². The van der Waals surface area contributed by atoms with Crippen LogP contribution in [0.2, 0.25) is 0 Å². The van der Waals surface area contributed by atoms with Gasteiger partial charge in [-0.25, -0.2) is 0 Å². The number of hydrogen-bond donors (Lipinski definition) is 3. The van der Waals surface area contributed by atoms with Crippen molar-refractivity contribution in [3.8, 4) is 0 Å². The summed E-state index contributed by atoms with van der Waals surface area (Å²) in [4.78, 5) is 22.9. The third kappa shape index (κ3) is 2.94. The SMILES string of the molecule is Cc1ccccc1NC(=O)Cn1cc(N)c(C(N)=O)n1. The molecule has 2 rings (SSSR count). The molecule has 104 valence electrons. The summed E-state index contributed by atoms with van der Waals surface area (Å²) in [6.45, 7) is 1.85. The number of benzene rings is 1. The molecule has 7 nitrogen and oxygen atoms in total. The first kappa shape index (κ1) is 13.6. The van der Waals surface area contributed by atoms with Gasteiger partial charge in [0.05, 0.1) is 5.69 Å². The normalized spacial score (nSPS) is 10.2. The van der Waals surface area contributed by atoms with Crippen molar-refractivity contribution >= 4 is 23.2 Å². The van der Waals surface area contributed by atoms with Crippen LogP contribution in [0.5, 0.6) is 0 Å². The number of rotatable bonds is 4. The van der Waals surface area contributed by atoms with Crippen molar-refractivity contribution < 1.29 is 9.59 Å². The number of nitrogen functional groups attached to an aromatic ring is 1. The third-order valence-corrected chi connectivity index (χ3v) is 2.75. The second kappa shape index (κ2) is 5.43. The highest BCUT2D eigenvalue weighted by Crippen LogP contribution is 2.13. The van der Waals surface area contributed by atoms with Crippen LogP contribution in [0.25, 0.3) is 0 Å². The molecular formula is C13H15N5O2. The van der Waals surface area contributed by atoms with Crippen LogP contribution in [0, 0.1) is 6.92 Å². The van der Waals surface area contributed by atoms with E-state index in [4.69, 9.17) is 11.5 Å². The monoisotopic (exact) mass is 273 g/mol. The lowest BCUT2D eigenvalue weighted by atomic mass is 10.2. The fraction of sp³-hybridized carbons (Fsp3) is 0.154. The number of aryl methyl sites for hydroxylation is 1. The molecule has 1 aromatic carbocycles. The maximum Gasteiger partial charge on any atom is 0.271 e. The van der Waals surface area contributed by atoms with Gasteiger partial charge in [-0.1, -0.05) is 18.2 Å². The van der Waals surface area contributed by atoms with E-state index in [1.807, 2.05) is 25.1 Å². The van der Waals surface area contributed by atoms with Gasteiger partial charge in [0.1, 0.15) is 6.54 Å². The summed E-state index contributed by atoms with van der Waals surface area (Å²) in [6.07, 6.45) is 1.40. The first-order valence-corrected chi connectivity index (χ1v) is 5.95. The van der Waals surface area contributed by atoms with Crippen molar-refractivity contribution in [1.29, 1.82) is 0 Å². The molecule has 0 unspecified atom stereocenters. The molecule has 0 aliphatic carbocycles. The van der Waals surface area contributed by atoms with E-state index in [1.165, 1.54) is 10.9 Å². The lowest BCUT2D eigenvalue weighted by Gasteiger charge is -2.07. The van der Waals surface area contributed by atoms with Gasteiger partial charge < -0.3 is 16.8 Å². The molecule has 0 saturated carbocycles. The zero-order chi connectivity index (χ0) is 14.7. The zero-order valence-corrected chi connectivity index (χ0v) is 11.0. The molecule has 0 radical (unpaired) electrons. The van der Waals surface area contributed by atoms with Gasteiger partial charge in [0.2, 0.25) is 5.91 Å². The number of carbonyl (C=O) groups is 2. The number of primary amides is 1. The van der Waals surface area contributed by atoms with Crippen LogP contribution in [0.3, 0.4) is 0 Å². The van der Waals surface area contributed by atoms with E-state index in [9.17, 15) is 9.59 Å². The van der Waals surface area contributed by atoms with Crippen LogP contribution in [0.1, 0.15) is 16.1 Å².